The third kappa shape index (κ3) is 6.25. The Hall–Kier alpha value is -3.79. The summed E-state index contributed by atoms with van der Waals surface area (Å²) >= 11 is 7.00. The summed E-state index contributed by atoms with van der Waals surface area (Å²) in [5, 5.41) is 19.0. The van der Waals surface area contributed by atoms with Crippen molar-refractivity contribution < 1.29 is 27.5 Å². The Labute approximate surface area is 216 Å². The maximum Gasteiger partial charge on any atom is 0.343 e. The minimum Gasteiger partial charge on any atom is -0.493 e. The summed E-state index contributed by atoms with van der Waals surface area (Å²) in [7, 11) is -2.24. The van der Waals surface area contributed by atoms with Gasteiger partial charge in [-0.1, -0.05) is 47.6 Å². The molecule has 1 heterocycles. The van der Waals surface area contributed by atoms with E-state index in [0.29, 0.717) is 22.5 Å². The molecular weight excluding hydrogens is 528 g/mol. The number of rotatable bonds is 8. The molecule has 186 valence electrons. The van der Waals surface area contributed by atoms with Crippen LogP contribution < -0.4 is 14.8 Å². The van der Waals surface area contributed by atoms with E-state index in [1.807, 2.05) is 13.0 Å². The van der Waals surface area contributed by atoms with Gasteiger partial charge in [-0.05, 0) is 42.8 Å². The summed E-state index contributed by atoms with van der Waals surface area (Å²) in [4.78, 5) is 25.1. The van der Waals surface area contributed by atoms with Crippen LogP contribution in [0.15, 0.2) is 46.3 Å². The van der Waals surface area contributed by atoms with Crippen LogP contribution in [0.5, 0.6) is 11.5 Å². The molecule has 0 atom stereocenters. The number of carbonyl (C=O) groups is 2. The molecule has 0 aliphatic heterocycles. The van der Waals surface area contributed by atoms with Crippen molar-refractivity contribution in [2.45, 2.75) is 18.2 Å². The number of aryl methyl sites for hydroxylation is 1. The Kier molecular flexibility index (Phi) is 8.41. The van der Waals surface area contributed by atoms with Gasteiger partial charge in [0.05, 0.1) is 23.4 Å². The topological polar surface area (TPSA) is 148 Å². The Balaban J connectivity index is 1.84. The molecule has 0 spiro atoms. The number of hydrogen-bond acceptors (Lipinski definition) is 10. The highest BCUT2D eigenvalue weighted by Crippen LogP contribution is 2.37. The molecule has 2 aromatic carbocycles. The molecule has 0 aliphatic carbocycles. The van der Waals surface area contributed by atoms with Crippen molar-refractivity contribution in [1.29, 1.82) is 5.26 Å². The van der Waals surface area contributed by atoms with E-state index >= 15 is 0 Å². The minimum atomic E-state index is -3.58. The van der Waals surface area contributed by atoms with Crippen molar-refractivity contribution >= 4 is 55.9 Å². The maximum atomic E-state index is 12.6. The molecule has 10 nitrogen and oxygen atoms in total. The van der Waals surface area contributed by atoms with Gasteiger partial charge < -0.3 is 9.47 Å². The van der Waals surface area contributed by atoms with Gasteiger partial charge in [-0.2, -0.15) is 5.26 Å². The van der Waals surface area contributed by atoms with Gasteiger partial charge in [0.15, 0.2) is 11.5 Å². The molecule has 13 heteroatoms. The van der Waals surface area contributed by atoms with E-state index in [9.17, 15) is 23.3 Å². The third-order valence-electron chi connectivity index (χ3n) is 4.65. The predicted molar refractivity (Wildman–Crippen MR) is 134 cm³/mol. The fraction of sp³-hybridized carbons (Fsp3) is 0.174. The second-order valence-electron chi connectivity index (χ2n) is 7.19. The van der Waals surface area contributed by atoms with E-state index in [1.54, 1.807) is 24.3 Å². The molecule has 0 unspecified atom stereocenters. The van der Waals surface area contributed by atoms with Gasteiger partial charge in [0.2, 0.25) is 19.3 Å². The van der Waals surface area contributed by atoms with Gasteiger partial charge in [-0.15, -0.1) is 10.2 Å². The Morgan fingerprint density at radius 3 is 2.64 bits per heavy atom. The van der Waals surface area contributed by atoms with E-state index in [4.69, 9.17) is 21.1 Å². The lowest BCUT2D eigenvalue weighted by Gasteiger charge is -2.12. The number of halogens is 1. The largest absolute Gasteiger partial charge is 0.493 e. The quantitative estimate of drug-likeness (QED) is 0.145. The lowest BCUT2D eigenvalue weighted by atomic mass is 10.1. The standard InChI is InChI=1S/C23H19ClN4O6S2/c1-4-36(31,32)23-28-27-22(35-23)26-20(29)16(12-25)9-14-10-17(24)19(18(11-14)33-3)34-21(30)15-7-5-6-13(2)8-15/h5-11H,4H2,1-3H3,(H,26,27,29)/b16-9-. The molecule has 1 N–H and O–H groups in total. The summed E-state index contributed by atoms with van der Waals surface area (Å²) in [6, 6.07) is 11.4. The Morgan fingerprint density at radius 1 is 1.25 bits per heavy atom. The lowest BCUT2D eigenvalue weighted by molar-refractivity contribution is -0.112. The number of methoxy groups -OCH3 is 1. The predicted octanol–water partition coefficient (Wildman–Crippen LogP) is 4.07. The smallest absolute Gasteiger partial charge is 0.343 e. The van der Waals surface area contributed by atoms with Crippen LogP contribution in [0.4, 0.5) is 5.13 Å². The van der Waals surface area contributed by atoms with Crippen LogP contribution in [-0.4, -0.2) is 43.4 Å². The van der Waals surface area contributed by atoms with Gasteiger partial charge in [0, 0.05) is 0 Å². The van der Waals surface area contributed by atoms with E-state index in [2.05, 4.69) is 15.5 Å². The number of nitrogens with one attached hydrogen (secondary N) is 1. The molecule has 0 radical (unpaired) electrons. The normalized spacial score (nSPS) is 11.5. The van der Waals surface area contributed by atoms with Crippen molar-refractivity contribution in [1.82, 2.24) is 10.2 Å². The first-order valence-corrected chi connectivity index (χ1v) is 13.1. The number of nitrogens with zero attached hydrogens (tertiary/aromatic N) is 3. The van der Waals surface area contributed by atoms with E-state index in [1.165, 1.54) is 32.2 Å². The number of benzene rings is 2. The summed E-state index contributed by atoms with van der Waals surface area (Å²) in [5.74, 6) is -1.56. The fourth-order valence-electron chi connectivity index (χ4n) is 2.83. The Morgan fingerprint density at radius 2 is 2.00 bits per heavy atom. The molecular formula is C23H19ClN4O6S2. The van der Waals surface area contributed by atoms with Crippen molar-refractivity contribution in [3.8, 4) is 17.6 Å². The monoisotopic (exact) mass is 546 g/mol. The first-order chi connectivity index (χ1) is 17.1. The van der Waals surface area contributed by atoms with Gasteiger partial charge in [0.1, 0.15) is 11.6 Å². The van der Waals surface area contributed by atoms with E-state index in [-0.39, 0.29) is 37.3 Å². The maximum absolute atomic E-state index is 12.6. The lowest BCUT2D eigenvalue weighted by Crippen LogP contribution is -2.13. The molecule has 0 saturated carbocycles. The minimum absolute atomic E-state index is 0.0119. The molecule has 1 amide bonds. The molecule has 0 aliphatic rings. The number of anilines is 1. The summed E-state index contributed by atoms with van der Waals surface area (Å²) in [6.45, 7) is 3.30. The molecule has 36 heavy (non-hydrogen) atoms. The van der Waals surface area contributed by atoms with Crippen molar-refractivity contribution in [2.24, 2.45) is 0 Å². The number of hydrogen-bond donors (Lipinski definition) is 1. The number of sulfone groups is 1. The van der Waals surface area contributed by atoms with Crippen molar-refractivity contribution in [2.75, 3.05) is 18.2 Å². The average molecular weight is 547 g/mol. The molecule has 0 bridgehead atoms. The van der Waals surface area contributed by atoms with Crippen LogP contribution in [0.2, 0.25) is 5.02 Å². The first-order valence-electron chi connectivity index (χ1n) is 10.2. The number of esters is 1. The zero-order valence-corrected chi connectivity index (χ0v) is 21.6. The van der Waals surface area contributed by atoms with Gasteiger partial charge in [0.25, 0.3) is 5.91 Å². The van der Waals surface area contributed by atoms with Gasteiger partial charge in [-0.3, -0.25) is 10.1 Å². The summed E-state index contributed by atoms with van der Waals surface area (Å²) < 4.78 is 34.3. The molecule has 0 fully saturated rings. The van der Waals surface area contributed by atoms with Crippen LogP contribution in [0.25, 0.3) is 6.08 Å². The summed E-state index contributed by atoms with van der Waals surface area (Å²) in [6.07, 6.45) is 1.24. The number of nitriles is 1. The first kappa shape index (κ1) is 26.8. The zero-order valence-electron chi connectivity index (χ0n) is 19.2. The van der Waals surface area contributed by atoms with E-state index in [0.717, 1.165) is 5.56 Å². The highest BCUT2D eigenvalue weighted by molar-refractivity contribution is 7.93. The number of aromatic nitrogens is 2. The highest BCUT2D eigenvalue weighted by atomic mass is 35.5. The third-order valence-corrected chi connectivity index (χ3v) is 7.95. The zero-order chi connectivity index (χ0) is 26.5. The van der Waals surface area contributed by atoms with Crippen LogP contribution in [0.3, 0.4) is 0 Å². The fourth-order valence-corrected chi connectivity index (χ4v) is 5.08. The molecule has 0 saturated heterocycles. The van der Waals surface area contributed by atoms with Gasteiger partial charge >= 0.3 is 5.97 Å². The average Bonchev–Trinajstić information content (AvgIpc) is 3.33. The van der Waals surface area contributed by atoms with Crippen LogP contribution >= 0.6 is 22.9 Å². The van der Waals surface area contributed by atoms with Crippen LogP contribution in [0, 0.1) is 18.3 Å². The van der Waals surface area contributed by atoms with Crippen molar-refractivity contribution in [3.63, 3.8) is 0 Å². The highest BCUT2D eigenvalue weighted by Gasteiger charge is 2.21. The number of amides is 1. The molecule has 1 aromatic heterocycles. The number of carbonyl (C=O) groups excluding carboxylic acids is 2. The van der Waals surface area contributed by atoms with Gasteiger partial charge in [-0.25, -0.2) is 13.2 Å². The SMILES string of the molecule is CCS(=O)(=O)c1nnc(NC(=O)/C(C#N)=C\c2cc(Cl)c(OC(=O)c3cccc(C)c3)c(OC)c2)s1. The second kappa shape index (κ2) is 11.3. The van der Waals surface area contributed by atoms with Crippen LogP contribution in [-0.2, 0) is 14.6 Å². The van der Waals surface area contributed by atoms with Crippen molar-refractivity contribution in [3.05, 3.63) is 63.7 Å². The van der Waals surface area contributed by atoms with Crippen LogP contribution in [0.1, 0.15) is 28.4 Å². The molecule has 3 rings (SSSR count). The van der Waals surface area contributed by atoms with E-state index < -0.39 is 21.7 Å². The number of ether oxygens (including phenoxy) is 2. The second-order valence-corrected chi connectivity index (χ2v) is 11.0. The Bertz CT molecular complexity index is 1510. The summed E-state index contributed by atoms with van der Waals surface area (Å²) in [5.41, 5.74) is 1.19. The molecule has 3 aromatic rings.